The Morgan fingerprint density at radius 2 is 1.44 bits per heavy atom. The van der Waals surface area contributed by atoms with Gasteiger partial charge >= 0.3 is 11.4 Å². The van der Waals surface area contributed by atoms with Crippen molar-refractivity contribution in [2.24, 2.45) is 0 Å². The Kier molecular flexibility index (Phi) is 20.6. The van der Waals surface area contributed by atoms with Crippen LogP contribution in [-0.2, 0) is 0 Å². The Balaban J connectivity index is -0.0000000720. The predicted molar refractivity (Wildman–Crippen MR) is 37.1 cm³/mol. The highest BCUT2D eigenvalue weighted by molar-refractivity contribution is 7.54. The van der Waals surface area contributed by atoms with Gasteiger partial charge in [0.2, 0.25) is 0 Å². The topological polar surface area (TPSA) is 98.4 Å². The molecule has 0 unspecified atom stereocenters. The maximum atomic E-state index is 8.36. The summed E-state index contributed by atoms with van der Waals surface area (Å²) >= 11 is -1.72. The fourth-order valence-electron chi connectivity index (χ4n) is 0. The first kappa shape index (κ1) is 16.3. The Bertz CT molecular complexity index is 61.3. The summed E-state index contributed by atoms with van der Waals surface area (Å²) in [7, 11) is 14.8. The molecule has 0 atom stereocenters. The van der Waals surface area contributed by atoms with Crippen LogP contribution in [0.1, 0.15) is 0 Å². The van der Waals surface area contributed by atoms with E-state index < -0.39 is 16.5 Å². The fourth-order valence-corrected chi connectivity index (χ4v) is 0. The minimum Gasteiger partial charge on any atom is -0.344 e. The molecule has 0 spiro atoms. The molecule has 0 bridgehead atoms. The molecule has 0 rings (SSSR count). The van der Waals surface area contributed by atoms with Gasteiger partial charge in [-0.3, -0.25) is 0 Å². The SMILES string of the molecule is N.O=[N+]([O-])O.[Cl][Al]([Cl])[Cl]. The molecule has 4 N–H and O–H groups in total. The molecule has 9 heavy (non-hydrogen) atoms. The van der Waals surface area contributed by atoms with E-state index in [-0.39, 0.29) is 6.15 Å². The summed E-state index contributed by atoms with van der Waals surface area (Å²) < 4.78 is 0. The molecule has 0 saturated carbocycles. The second-order valence-corrected chi connectivity index (χ2v) is 6.92. The smallest absolute Gasteiger partial charge is 0.344 e. The third-order valence-electron chi connectivity index (χ3n) is 0. The molecule has 0 radical (unpaired) electrons. The molecule has 0 aliphatic heterocycles. The van der Waals surface area contributed by atoms with Crippen LogP contribution in [0.2, 0.25) is 0 Å². The number of rotatable bonds is 0. The first-order valence-electron chi connectivity index (χ1n) is 1.22. The van der Waals surface area contributed by atoms with Crippen LogP contribution < -0.4 is 6.15 Å². The lowest BCUT2D eigenvalue weighted by Gasteiger charge is -1.57. The van der Waals surface area contributed by atoms with Crippen LogP contribution in [0, 0.1) is 10.1 Å². The van der Waals surface area contributed by atoms with Gasteiger partial charge in [0.15, 0.2) is 0 Å². The molecule has 0 aromatic heterocycles. The van der Waals surface area contributed by atoms with Gasteiger partial charge in [-0.2, -0.15) is 0 Å². The third kappa shape index (κ3) is 1170. The van der Waals surface area contributed by atoms with Gasteiger partial charge in [-0.15, -0.1) is 10.1 Å². The van der Waals surface area contributed by atoms with E-state index >= 15 is 0 Å². The van der Waals surface area contributed by atoms with Gasteiger partial charge in [-0.05, 0) is 0 Å². The van der Waals surface area contributed by atoms with Crippen LogP contribution in [0.15, 0.2) is 0 Å². The molecule has 0 fully saturated rings. The number of halogens is 3. The summed E-state index contributed by atoms with van der Waals surface area (Å²) in [5, 5.41) is 13.6. The van der Waals surface area contributed by atoms with Crippen LogP contribution in [0.3, 0.4) is 0 Å². The van der Waals surface area contributed by atoms with Gasteiger partial charge in [-0.1, -0.05) is 0 Å². The van der Waals surface area contributed by atoms with E-state index in [1.807, 2.05) is 0 Å². The van der Waals surface area contributed by atoms with Crippen molar-refractivity contribution in [1.82, 2.24) is 6.15 Å². The standard InChI is InChI=1S/Al.3ClH.HNO3.H3N/c;;;;2-1(3)4;/h;3*1H;(H,2,3,4);1H3/q+3;;;;;/p-3. The highest BCUT2D eigenvalue weighted by atomic mass is 35.8. The molecule has 9 heteroatoms. The highest BCUT2D eigenvalue weighted by Crippen LogP contribution is 1.97. The molecule has 0 heterocycles. The lowest BCUT2D eigenvalue weighted by atomic mass is 13.1. The van der Waals surface area contributed by atoms with E-state index in [4.69, 9.17) is 45.5 Å². The normalized spacial score (nSPS) is 5.67. The number of nitrogens with zero attached hydrogens (tertiary/aromatic N) is 1. The zero-order valence-corrected chi connectivity index (χ0v) is 7.55. The molecule has 0 aliphatic rings. The molecule has 0 saturated heterocycles. The predicted octanol–water partition coefficient (Wildman–Crippen LogP) is 1.50. The largest absolute Gasteiger partial charge is 0.643 e. The van der Waals surface area contributed by atoms with Gasteiger partial charge in [0.1, 0.15) is 0 Å². The van der Waals surface area contributed by atoms with Crippen LogP contribution in [0.4, 0.5) is 0 Å². The van der Waals surface area contributed by atoms with Crippen molar-refractivity contribution in [2.45, 2.75) is 0 Å². The van der Waals surface area contributed by atoms with Crippen molar-refractivity contribution in [2.75, 3.05) is 0 Å². The van der Waals surface area contributed by atoms with Crippen molar-refractivity contribution in [3.8, 4) is 0 Å². The summed E-state index contributed by atoms with van der Waals surface area (Å²) in [6.45, 7) is 0. The Labute approximate surface area is 68.2 Å². The van der Waals surface area contributed by atoms with E-state index in [1.54, 1.807) is 0 Å². The van der Waals surface area contributed by atoms with Crippen molar-refractivity contribution >= 4 is 41.5 Å². The monoisotopic (exact) mass is 212 g/mol. The molecule has 5 nitrogen and oxygen atoms in total. The maximum Gasteiger partial charge on any atom is 0.643 e. The second-order valence-electron chi connectivity index (χ2n) is 0.485. The minimum absolute atomic E-state index is 0. The molecule has 0 aliphatic carbocycles. The van der Waals surface area contributed by atoms with Gasteiger partial charge in [0, 0.05) is 0 Å². The summed E-state index contributed by atoms with van der Waals surface area (Å²) in [6.07, 6.45) is 0. The van der Waals surface area contributed by atoms with Gasteiger partial charge in [-0.25, -0.2) is 30.1 Å². The summed E-state index contributed by atoms with van der Waals surface area (Å²) in [6, 6.07) is 0. The van der Waals surface area contributed by atoms with E-state index in [9.17, 15) is 0 Å². The lowest BCUT2D eigenvalue weighted by molar-refractivity contribution is -0.742. The van der Waals surface area contributed by atoms with Crippen molar-refractivity contribution in [3.05, 3.63) is 10.1 Å². The third-order valence-corrected chi connectivity index (χ3v) is 0. The zero-order valence-electron chi connectivity index (χ0n) is 4.13. The quantitative estimate of drug-likeness (QED) is 0.362. The maximum absolute atomic E-state index is 8.36. The Morgan fingerprint density at radius 1 is 1.44 bits per heavy atom. The average Bonchev–Trinajstić information content (AvgIpc) is 1.25. The number of hydrogen-bond acceptors (Lipinski definition) is 3. The van der Waals surface area contributed by atoms with Crippen molar-refractivity contribution in [3.63, 3.8) is 0 Å². The van der Waals surface area contributed by atoms with Crippen LogP contribution >= 0.6 is 30.1 Å². The molecule has 0 aromatic rings. The first-order chi connectivity index (χ1) is 3.46. The zero-order chi connectivity index (χ0) is 7.15. The van der Waals surface area contributed by atoms with E-state index in [0.29, 0.717) is 0 Å². The molecule has 0 amide bonds. The summed E-state index contributed by atoms with van der Waals surface area (Å²) in [5.74, 6) is 0. The summed E-state index contributed by atoms with van der Waals surface area (Å²) in [5.41, 5.74) is 0. The average molecular weight is 213 g/mol. The minimum atomic E-state index is -1.72. The van der Waals surface area contributed by atoms with Crippen LogP contribution in [0.5, 0.6) is 0 Å². The first-order valence-corrected chi connectivity index (χ1v) is 6.46. The molecular formula is H4AlCl3N2O3. The van der Waals surface area contributed by atoms with Crippen molar-refractivity contribution in [1.29, 1.82) is 0 Å². The fraction of sp³-hybridized carbons (Fsp3) is 0. The van der Waals surface area contributed by atoms with Crippen LogP contribution in [-0.4, -0.2) is 21.7 Å². The second kappa shape index (κ2) is 11.4. The van der Waals surface area contributed by atoms with Crippen LogP contribution in [0.25, 0.3) is 0 Å². The lowest BCUT2D eigenvalue weighted by Crippen LogP contribution is -1.81. The molecule has 0 aromatic carbocycles. The molecular weight excluding hydrogens is 209 g/mol. The van der Waals surface area contributed by atoms with E-state index in [2.05, 4.69) is 0 Å². The van der Waals surface area contributed by atoms with E-state index in [0.717, 1.165) is 0 Å². The van der Waals surface area contributed by atoms with E-state index in [1.165, 1.54) is 0 Å². The van der Waals surface area contributed by atoms with Gasteiger partial charge in [0.05, 0.1) is 0 Å². The Morgan fingerprint density at radius 3 is 1.44 bits per heavy atom. The van der Waals surface area contributed by atoms with Gasteiger partial charge in [0.25, 0.3) is 5.09 Å². The molecule has 56 valence electrons. The Hall–Kier alpha value is 0.562. The summed E-state index contributed by atoms with van der Waals surface area (Å²) in [4.78, 5) is 8.36. The highest BCUT2D eigenvalue weighted by Gasteiger charge is 2.00. The number of hydrogen-bond donors (Lipinski definition) is 2. The van der Waals surface area contributed by atoms with Gasteiger partial charge < -0.3 is 11.4 Å². The van der Waals surface area contributed by atoms with Crippen molar-refractivity contribution < 1.29 is 10.3 Å².